The van der Waals surface area contributed by atoms with E-state index >= 15 is 0 Å². The van der Waals surface area contributed by atoms with Gasteiger partial charge in [-0.15, -0.1) is 0 Å². The van der Waals surface area contributed by atoms with Crippen LogP contribution in [0.15, 0.2) is 146 Å². The van der Waals surface area contributed by atoms with Crippen molar-refractivity contribution in [1.82, 2.24) is 0 Å². The first-order valence-corrected chi connectivity index (χ1v) is 14.9. The van der Waals surface area contributed by atoms with Crippen LogP contribution in [0.25, 0.3) is 65.3 Å². The Kier molecular flexibility index (Phi) is 6.23. The first kappa shape index (κ1) is 26.2. The zero-order valence-corrected chi connectivity index (χ0v) is 24.3. The topological polar surface area (TPSA) is 59.6 Å². The Bertz CT molecular complexity index is 2530. The van der Waals surface area contributed by atoms with Crippen molar-refractivity contribution in [3.05, 3.63) is 157 Å². The average molecular weight is 572 g/mol. The molecule has 0 amide bonds. The molecule has 0 radical (unpaired) electrons. The molecule has 0 aliphatic rings. The number of hydrogen-bond acceptors (Lipinski definition) is 3. The Labute approximate surface area is 260 Å². The highest BCUT2D eigenvalue weighted by Gasteiger charge is 2.24. The number of nitrogens with zero attached hydrogens (tertiary/aromatic N) is 2. The molecule has 0 atom stereocenters. The van der Waals surface area contributed by atoms with Crippen molar-refractivity contribution >= 4 is 54.5 Å². The molecule has 0 aromatic heterocycles. The van der Waals surface area contributed by atoms with E-state index < -0.39 is 0 Å². The van der Waals surface area contributed by atoms with Gasteiger partial charge in [0.25, 0.3) is 0 Å². The summed E-state index contributed by atoms with van der Waals surface area (Å²) >= 11 is 0. The van der Waals surface area contributed by atoms with Gasteiger partial charge in [0.2, 0.25) is 0 Å². The Hall–Kier alpha value is -6.42. The van der Waals surface area contributed by atoms with Gasteiger partial charge in [-0.05, 0) is 61.6 Å². The highest BCUT2D eigenvalue weighted by Crippen LogP contribution is 2.49. The molecular formula is C42H25N3. The van der Waals surface area contributed by atoms with Gasteiger partial charge in [-0.3, -0.25) is 0 Å². The second-order valence-electron chi connectivity index (χ2n) is 11.2. The Morgan fingerprint density at radius 3 is 1.84 bits per heavy atom. The lowest BCUT2D eigenvalue weighted by atomic mass is 9.83. The van der Waals surface area contributed by atoms with Gasteiger partial charge in [0.1, 0.15) is 12.1 Å². The van der Waals surface area contributed by atoms with Crippen LogP contribution in [0, 0.1) is 22.7 Å². The normalized spacial score (nSPS) is 11.1. The van der Waals surface area contributed by atoms with E-state index in [0.717, 1.165) is 76.7 Å². The van der Waals surface area contributed by atoms with E-state index in [4.69, 9.17) is 0 Å². The number of fused-ring (bicyclic) bond motifs is 5. The molecule has 0 aliphatic heterocycles. The average Bonchev–Trinajstić information content (AvgIpc) is 3.11. The molecule has 0 fully saturated rings. The van der Waals surface area contributed by atoms with Gasteiger partial charge in [-0.2, -0.15) is 10.5 Å². The van der Waals surface area contributed by atoms with E-state index in [0.29, 0.717) is 11.1 Å². The predicted octanol–water partition coefficient (Wildman–Crippen LogP) is 11.1. The van der Waals surface area contributed by atoms with Crippen LogP contribution in [0.5, 0.6) is 0 Å². The molecule has 0 saturated carbocycles. The van der Waals surface area contributed by atoms with E-state index in [1.54, 1.807) is 0 Å². The summed E-state index contributed by atoms with van der Waals surface area (Å²) in [5.41, 5.74) is 6.25. The first-order valence-electron chi connectivity index (χ1n) is 14.9. The third-order valence-electron chi connectivity index (χ3n) is 8.71. The standard InChI is InChI=1S/C42H25N3/c43-25-31-24-37-32-17-7-4-14-29(32)21-22-35(37)40(38(31)26-44)41-36(28-11-2-1-3-12-28)23-30-15-6-9-19-34(30)42(41)45-39-20-10-16-27-13-5-8-18-33(27)39/h1-24,45H. The van der Waals surface area contributed by atoms with Gasteiger partial charge in [-0.25, -0.2) is 0 Å². The molecule has 208 valence electrons. The van der Waals surface area contributed by atoms with Crippen LogP contribution in [0.3, 0.4) is 0 Å². The van der Waals surface area contributed by atoms with E-state index in [9.17, 15) is 10.5 Å². The summed E-state index contributed by atoms with van der Waals surface area (Å²) in [4.78, 5) is 0. The minimum Gasteiger partial charge on any atom is -0.354 e. The zero-order valence-electron chi connectivity index (χ0n) is 24.3. The van der Waals surface area contributed by atoms with E-state index in [1.165, 1.54) is 0 Å². The number of rotatable bonds is 4. The van der Waals surface area contributed by atoms with Crippen molar-refractivity contribution in [1.29, 1.82) is 10.5 Å². The summed E-state index contributed by atoms with van der Waals surface area (Å²) in [7, 11) is 0. The molecule has 45 heavy (non-hydrogen) atoms. The Balaban J connectivity index is 1.59. The molecule has 8 rings (SSSR count). The van der Waals surface area contributed by atoms with Crippen molar-refractivity contribution in [3.63, 3.8) is 0 Å². The maximum atomic E-state index is 10.7. The summed E-state index contributed by atoms with van der Waals surface area (Å²) in [5, 5.41) is 33.4. The van der Waals surface area contributed by atoms with E-state index in [2.05, 4.69) is 115 Å². The second-order valence-corrected chi connectivity index (χ2v) is 11.2. The van der Waals surface area contributed by atoms with E-state index in [1.807, 2.05) is 48.5 Å². The molecule has 0 spiro atoms. The molecule has 3 heteroatoms. The lowest BCUT2D eigenvalue weighted by Crippen LogP contribution is -2.01. The fourth-order valence-corrected chi connectivity index (χ4v) is 6.67. The van der Waals surface area contributed by atoms with Gasteiger partial charge < -0.3 is 5.32 Å². The lowest BCUT2D eigenvalue weighted by Gasteiger charge is -2.23. The molecule has 8 aromatic carbocycles. The maximum Gasteiger partial charge on any atom is 0.101 e. The highest BCUT2D eigenvalue weighted by molar-refractivity contribution is 6.19. The largest absolute Gasteiger partial charge is 0.354 e. The molecular weight excluding hydrogens is 546 g/mol. The van der Waals surface area contributed by atoms with Crippen molar-refractivity contribution < 1.29 is 0 Å². The third-order valence-corrected chi connectivity index (χ3v) is 8.71. The van der Waals surface area contributed by atoms with Crippen molar-refractivity contribution in [2.45, 2.75) is 0 Å². The summed E-state index contributed by atoms with van der Waals surface area (Å²) in [6.45, 7) is 0. The van der Waals surface area contributed by atoms with Crippen LogP contribution < -0.4 is 5.32 Å². The minimum atomic E-state index is 0.361. The van der Waals surface area contributed by atoms with Gasteiger partial charge in [-0.1, -0.05) is 127 Å². The van der Waals surface area contributed by atoms with Crippen LogP contribution in [-0.4, -0.2) is 0 Å². The van der Waals surface area contributed by atoms with Gasteiger partial charge in [0.15, 0.2) is 0 Å². The van der Waals surface area contributed by atoms with Crippen molar-refractivity contribution in [2.75, 3.05) is 5.32 Å². The molecule has 8 aromatic rings. The fraction of sp³-hybridized carbons (Fsp3) is 0. The van der Waals surface area contributed by atoms with Crippen LogP contribution >= 0.6 is 0 Å². The monoisotopic (exact) mass is 571 g/mol. The van der Waals surface area contributed by atoms with Crippen LogP contribution in [0.1, 0.15) is 11.1 Å². The lowest BCUT2D eigenvalue weighted by molar-refractivity contribution is 1.44. The number of nitriles is 2. The first-order chi connectivity index (χ1) is 22.2. The van der Waals surface area contributed by atoms with Gasteiger partial charge in [0.05, 0.1) is 16.8 Å². The van der Waals surface area contributed by atoms with Crippen molar-refractivity contribution in [2.24, 2.45) is 0 Å². The van der Waals surface area contributed by atoms with Gasteiger partial charge in [0, 0.05) is 27.6 Å². The molecule has 3 nitrogen and oxygen atoms in total. The molecule has 1 N–H and O–H groups in total. The smallest absolute Gasteiger partial charge is 0.101 e. The summed E-state index contributed by atoms with van der Waals surface area (Å²) in [5.74, 6) is 0. The summed E-state index contributed by atoms with van der Waals surface area (Å²) in [6, 6.07) is 54.6. The molecule has 0 heterocycles. The number of hydrogen-bond donors (Lipinski definition) is 1. The van der Waals surface area contributed by atoms with E-state index in [-0.39, 0.29) is 0 Å². The summed E-state index contributed by atoms with van der Waals surface area (Å²) in [6.07, 6.45) is 0. The summed E-state index contributed by atoms with van der Waals surface area (Å²) < 4.78 is 0. The minimum absolute atomic E-state index is 0.361. The highest BCUT2D eigenvalue weighted by atomic mass is 14.9. The Morgan fingerprint density at radius 2 is 1.09 bits per heavy atom. The van der Waals surface area contributed by atoms with Crippen LogP contribution in [0.4, 0.5) is 11.4 Å². The molecule has 0 saturated heterocycles. The maximum absolute atomic E-state index is 10.7. The Morgan fingerprint density at radius 1 is 0.444 bits per heavy atom. The zero-order chi connectivity index (χ0) is 30.3. The predicted molar refractivity (Wildman–Crippen MR) is 186 cm³/mol. The van der Waals surface area contributed by atoms with Crippen LogP contribution in [0.2, 0.25) is 0 Å². The van der Waals surface area contributed by atoms with Crippen LogP contribution in [-0.2, 0) is 0 Å². The fourth-order valence-electron chi connectivity index (χ4n) is 6.67. The molecule has 0 unspecified atom stereocenters. The molecule has 0 bridgehead atoms. The SMILES string of the molecule is N#Cc1cc2c(ccc3ccccc32)c(-c2c(-c3ccccc3)cc3ccccc3c2Nc2cccc3ccccc23)c1C#N. The van der Waals surface area contributed by atoms with Crippen molar-refractivity contribution in [3.8, 4) is 34.4 Å². The third kappa shape index (κ3) is 4.27. The number of nitrogens with one attached hydrogen (secondary N) is 1. The quantitative estimate of drug-likeness (QED) is 0.214. The molecule has 0 aliphatic carbocycles. The second kappa shape index (κ2) is 10.7. The number of benzene rings is 8. The van der Waals surface area contributed by atoms with Gasteiger partial charge >= 0.3 is 0 Å². The number of anilines is 2.